The molecule has 5 nitrogen and oxygen atoms in total. The molecule has 1 saturated heterocycles. The first-order valence-corrected chi connectivity index (χ1v) is 14.5. The van der Waals surface area contributed by atoms with Crippen molar-refractivity contribution in [2.45, 2.75) is 57.4 Å². The minimum absolute atomic E-state index is 0.321. The maximum Gasteiger partial charge on any atom is 0.150 e. The lowest BCUT2D eigenvalue weighted by molar-refractivity contribution is 0.209. The lowest BCUT2D eigenvalue weighted by Gasteiger charge is -2.31. The summed E-state index contributed by atoms with van der Waals surface area (Å²) in [4.78, 5) is 10.3. The molecule has 1 aliphatic rings. The zero-order valence-corrected chi connectivity index (χ0v) is 23.8. The molecule has 1 unspecified atom stereocenters. The number of rotatable bonds is 11. The Balaban J connectivity index is 1.19. The Kier molecular flexibility index (Phi) is 9.12. The topological polar surface area (TPSA) is 53.2 Å². The molecule has 0 aliphatic carbocycles. The maximum absolute atomic E-state index is 15.0. The monoisotopic (exact) mass is 546 g/mol. The first-order valence-electron chi connectivity index (χ1n) is 14.5. The molecule has 0 saturated carbocycles. The predicted octanol–water partition coefficient (Wildman–Crippen LogP) is 7.39. The lowest BCUT2D eigenvalue weighted by Crippen LogP contribution is -2.34. The fourth-order valence-corrected chi connectivity index (χ4v) is 6.10. The number of hydrogen-bond acceptors (Lipinski definition) is 4. The number of aromatic nitrogens is 2. The molecular formula is C33H40F2N4O. The normalized spacial score (nSPS) is 15.5. The van der Waals surface area contributed by atoms with Gasteiger partial charge in [-0.05, 0) is 94.2 Å². The van der Waals surface area contributed by atoms with Gasteiger partial charge in [-0.3, -0.25) is 0 Å². The summed E-state index contributed by atoms with van der Waals surface area (Å²) in [5.41, 5.74) is 5.15. The largest absolute Gasteiger partial charge is 0.496 e. The first kappa shape index (κ1) is 28.2. The number of nitrogens with zero attached hydrogens (tertiary/aromatic N) is 2. The van der Waals surface area contributed by atoms with E-state index >= 15 is 4.39 Å². The van der Waals surface area contributed by atoms with E-state index in [9.17, 15) is 4.39 Å². The van der Waals surface area contributed by atoms with Gasteiger partial charge in [0.15, 0.2) is 0 Å². The van der Waals surface area contributed by atoms with Gasteiger partial charge in [0.25, 0.3) is 0 Å². The molecule has 1 aliphatic heterocycles. The number of pyridine rings is 1. The number of aromatic amines is 1. The Hall–Kier alpha value is -3.29. The van der Waals surface area contributed by atoms with Crippen LogP contribution in [0.1, 0.15) is 67.8 Å². The van der Waals surface area contributed by atoms with Gasteiger partial charge in [0, 0.05) is 34.2 Å². The lowest BCUT2D eigenvalue weighted by atomic mass is 9.92. The van der Waals surface area contributed by atoms with Crippen LogP contribution in [0.3, 0.4) is 0 Å². The number of likely N-dealkylation sites (tertiary alicyclic amines) is 1. The van der Waals surface area contributed by atoms with Gasteiger partial charge in [0.05, 0.1) is 13.3 Å². The van der Waals surface area contributed by atoms with Gasteiger partial charge in [-0.2, -0.15) is 0 Å². The van der Waals surface area contributed by atoms with Crippen molar-refractivity contribution in [2.75, 3.05) is 33.8 Å². The van der Waals surface area contributed by atoms with Gasteiger partial charge in [-0.1, -0.05) is 37.6 Å². The van der Waals surface area contributed by atoms with Crippen molar-refractivity contribution in [1.82, 2.24) is 20.2 Å². The average Bonchev–Trinajstić information content (AvgIpc) is 3.41. The van der Waals surface area contributed by atoms with E-state index in [1.54, 1.807) is 0 Å². The number of halogens is 2. The third kappa shape index (κ3) is 6.21. The number of aryl methyl sites for hydroxylation is 1. The molecule has 212 valence electrons. The molecule has 2 aromatic heterocycles. The van der Waals surface area contributed by atoms with Crippen LogP contribution in [-0.4, -0.2) is 48.7 Å². The van der Waals surface area contributed by atoms with Gasteiger partial charge >= 0.3 is 0 Å². The quantitative estimate of drug-likeness (QED) is 0.206. The molecule has 0 amide bonds. The molecule has 2 aromatic carbocycles. The zero-order valence-electron chi connectivity index (χ0n) is 23.8. The molecule has 7 heteroatoms. The van der Waals surface area contributed by atoms with Crippen LogP contribution >= 0.6 is 0 Å². The summed E-state index contributed by atoms with van der Waals surface area (Å²) in [5.74, 6) is -0.145. The fraction of sp³-hybridized carbons (Fsp3) is 0.424. The van der Waals surface area contributed by atoms with Crippen LogP contribution in [0.25, 0.3) is 22.2 Å². The van der Waals surface area contributed by atoms with Crippen molar-refractivity contribution in [1.29, 1.82) is 0 Å². The number of hydrogen-bond donors (Lipinski definition) is 2. The molecule has 1 fully saturated rings. The molecule has 3 heterocycles. The van der Waals surface area contributed by atoms with Crippen LogP contribution in [0.15, 0.2) is 54.7 Å². The number of piperidine rings is 1. The minimum Gasteiger partial charge on any atom is -0.496 e. The van der Waals surface area contributed by atoms with Crippen LogP contribution in [0.5, 0.6) is 5.75 Å². The Morgan fingerprint density at radius 1 is 1.10 bits per heavy atom. The van der Waals surface area contributed by atoms with E-state index in [1.165, 1.54) is 49.1 Å². The van der Waals surface area contributed by atoms with Crippen molar-refractivity contribution in [3.8, 4) is 16.9 Å². The number of nitrogens with one attached hydrogen (secondary N) is 2. The minimum atomic E-state index is -0.491. The summed E-state index contributed by atoms with van der Waals surface area (Å²) >= 11 is 0. The van der Waals surface area contributed by atoms with Gasteiger partial charge in [-0.25, -0.2) is 13.8 Å². The van der Waals surface area contributed by atoms with E-state index < -0.39 is 11.6 Å². The van der Waals surface area contributed by atoms with Crippen molar-refractivity contribution in [3.05, 3.63) is 83.2 Å². The second-order valence-electron chi connectivity index (χ2n) is 10.9. The number of methoxy groups -OCH3 is 1. The van der Waals surface area contributed by atoms with Crippen molar-refractivity contribution < 1.29 is 13.5 Å². The number of ether oxygens (including phenoxy) is 1. The van der Waals surface area contributed by atoms with Crippen LogP contribution in [-0.2, 0) is 6.42 Å². The summed E-state index contributed by atoms with van der Waals surface area (Å²) in [5, 5.41) is 4.07. The molecule has 1 atom stereocenters. The fourth-order valence-electron chi connectivity index (χ4n) is 6.10. The summed E-state index contributed by atoms with van der Waals surface area (Å²) < 4.78 is 34.5. The van der Waals surface area contributed by atoms with Crippen molar-refractivity contribution >= 4 is 11.0 Å². The molecule has 0 bridgehead atoms. The highest BCUT2D eigenvalue weighted by Gasteiger charge is 2.24. The number of benzene rings is 2. The Morgan fingerprint density at radius 3 is 2.58 bits per heavy atom. The van der Waals surface area contributed by atoms with Gasteiger partial charge < -0.3 is 19.9 Å². The second kappa shape index (κ2) is 12.9. The van der Waals surface area contributed by atoms with Gasteiger partial charge in [-0.15, -0.1) is 0 Å². The van der Waals surface area contributed by atoms with E-state index in [4.69, 9.17) is 4.74 Å². The molecule has 40 heavy (non-hydrogen) atoms. The van der Waals surface area contributed by atoms with Crippen molar-refractivity contribution in [2.24, 2.45) is 0 Å². The number of fused-ring (bicyclic) bond motifs is 1. The van der Waals surface area contributed by atoms with Crippen LogP contribution in [0.2, 0.25) is 0 Å². The highest BCUT2D eigenvalue weighted by atomic mass is 19.1. The summed E-state index contributed by atoms with van der Waals surface area (Å²) in [6.45, 7) is 5.38. The molecule has 4 aromatic rings. The summed E-state index contributed by atoms with van der Waals surface area (Å²) in [7, 11) is 3.54. The number of H-pyrrole nitrogens is 1. The molecule has 2 N–H and O–H groups in total. The molecular weight excluding hydrogens is 506 g/mol. The predicted molar refractivity (Wildman–Crippen MR) is 158 cm³/mol. The van der Waals surface area contributed by atoms with E-state index in [1.807, 2.05) is 13.1 Å². The van der Waals surface area contributed by atoms with Crippen LogP contribution < -0.4 is 10.1 Å². The second-order valence-corrected chi connectivity index (χ2v) is 10.9. The van der Waals surface area contributed by atoms with E-state index in [2.05, 4.69) is 51.4 Å². The highest BCUT2D eigenvalue weighted by molar-refractivity contribution is 5.95. The smallest absolute Gasteiger partial charge is 0.150 e. The molecule has 0 radical (unpaired) electrons. The van der Waals surface area contributed by atoms with Crippen molar-refractivity contribution in [3.63, 3.8) is 0 Å². The van der Waals surface area contributed by atoms with Crippen LogP contribution in [0.4, 0.5) is 8.78 Å². The molecule has 0 spiro atoms. The summed E-state index contributed by atoms with van der Waals surface area (Å²) in [6.07, 6.45) is 7.82. The third-order valence-corrected chi connectivity index (χ3v) is 8.34. The third-order valence-electron chi connectivity index (χ3n) is 8.34. The highest BCUT2D eigenvalue weighted by Crippen LogP contribution is 2.39. The standard InChI is InChI=1S/C33H40F2N4O/c1-4-6-29(36-2)23-10-8-22(9-11-23)7-5-16-39-17-14-24(15-18-39)30-20-27-32(28(35)21-37-33(27)38-30)26-19-25(34)12-13-31(26)40-3/h8-13,19-21,24,29,36H,4-7,14-18H2,1-3H3,(H,37,38). The Morgan fingerprint density at radius 2 is 1.88 bits per heavy atom. The van der Waals surface area contributed by atoms with Crippen LogP contribution in [0, 0.1) is 11.6 Å². The zero-order chi connectivity index (χ0) is 28.1. The average molecular weight is 547 g/mol. The van der Waals surface area contributed by atoms with E-state index in [0.717, 1.165) is 57.4 Å². The Labute approximate surface area is 236 Å². The van der Waals surface area contributed by atoms with Gasteiger partial charge in [0.1, 0.15) is 23.0 Å². The maximum atomic E-state index is 15.0. The Bertz CT molecular complexity index is 1410. The SMILES string of the molecule is CCCC(NC)c1ccc(CCCN2CCC(c3cc4c(-c5cc(F)ccc5OC)c(F)cnc4[nH]3)CC2)cc1. The molecule has 5 rings (SSSR count). The van der Waals surface area contributed by atoms with E-state index in [-0.39, 0.29) is 0 Å². The van der Waals surface area contributed by atoms with Gasteiger partial charge in [0.2, 0.25) is 0 Å². The first-order chi connectivity index (χ1) is 19.5. The van der Waals surface area contributed by atoms with E-state index in [0.29, 0.717) is 39.9 Å². The summed E-state index contributed by atoms with van der Waals surface area (Å²) in [6, 6.07) is 15.7.